The number of ketones is 1. The lowest BCUT2D eigenvalue weighted by Gasteiger charge is -2.04. The van der Waals surface area contributed by atoms with Gasteiger partial charge in [0.05, 0.1) is 0 Å². The maximum atomic E-state index is 12.3. The van der Waals surface area contributed by atoms with Crippen molar-refractivity contribution in [1.82, 2.24) is 0 Å². The Bertz CT molecular complexity index is 1340. The van der Waals surface area contributed by atoms with E-state index >= 15 is 0 Å². The van der Waals surface area contributed by atoms with E-state index in [9.17, 15) is 9.59 Å². The van der Waals surface area contributed by atoms with E-state index in [1.807, 2.05) is 127 Å². The van der Waals surface area contributed by atoms with Gasteiger partial charge in [0.15, 0.2) is 12.1 Å². The van der Waals surface area contributed by atoms with E-state index < -0.39 is 0 Å². The van der Waals surface area contributed by atoms with Gasteiger partial charge in [0, 0.05) is 16.7 Å². The van der Waals surface area contributed by atoms with Crippen LogP contribution in [-0.4, -0.2) is 12.1 Å². The summed E-state index contributed by atoms with van der Waals surface area (Å²) in [5, 5.41) is 0. The summed E-state index contributed by atoms with van der Waals surface area (Å²) in [6.45, 7) is 0. The lowest BCUT2D eigenvalue weighted by atomic mass is 9.99. The Labute approximate surface area is 200 Å². The normalized spacial score (nSPS) is 10.0. The molecule has 0 radical (unpaired) electrons. The summed E-state index contributed by atoms with van der Waals surface area (Å²) >= 11 is 0. The van der Waals surface area contributed by atoms with E-state index in [2.05, 4.69) is 12.1 Å². The molecule has 0 bridgehead atoms. The third-order valence-electron chi connectivity index (χ3n) is 5.46. The number of rotatable bonds is 5. The zero-order valence-corrected chi connectivity index (χ0v) is 18.7. The lowest BCUT2D eigenvalue weighted by Crippen LogP contribution is -2.00. The molecule has 0 aliphatic carbocycles. The topological polar surface area (TPSA) is 34.1 Å². The second kappa shape index (κ2) is 11.3. The number of carbonyl (C=O) groups excluding carboxylic acids is 2. The maximum absolute atomic E-state index is 12.3. The van der Waals surface area contributed by atoms with E-state index in [-0.39, 0.29) is 5.78 Å². The third kappa shape index (κ3) is 5.62. The summed E-state index contributed by atoms with van der Waals surface area (Å²) in [5.74, 6) is 0.0604. The average Bonchev–Trinajstić information content (AvgIpc) is 2.94. The van der Waals surface area contributed by atoms with Gasteiger partial charge >= 0.3 is 0 Å². The molecular weight excluding hydrogens is 416 g/mol. The van der Waals surface area contributed by atoms with Gasteiger partial charge in [0.2, 0.25) is 0 Å². The molecule has 0 amide bonds. The Morgan fingerprint density at radius 1 is 0.441 bits per heavy atom. The molecule has 0 spiro atoms. The van der Waals surface area contributed by atoms with E-state index in [4.69, 9.17) is 0 Å². The van der Waals surface area contributed by atoms with Crippen molar-refractivity contribution in [3.63, 3.8) is 0 Å². The number of hydrogen-bond donors (Lipinski definition) is 0. The first-order valence-corrected chi connectivity index (χ1v) is 11.1. The van der Waals surface area contributed by atoms with Crippen molar-refractivity contribution < 1.29 is 9.59 Å². The van der Waals surface area contributed by atoms with E-state index in [0.29, 0.717) is 0 Å². The van der Waals surface area contributed by atoms with Crippen molar-refractivity contribution in [2.75, 3.05) is 0 Å². The van der Waals surface area contributed by atoms with Gasteiger partial charge in [-0.15, -0.1) is 0 Å². The second-order valence-corrected chi connectivity index (χ2v) is 7.71. The Balaban J connectivity index is 0.000000172. The summed E-state index contributed by atoms with van der Waals surface area (Å²) in [4.78, 5) is 23.1. The number of benzene rings is 5. The molecule has 0 N–H and O–H groups in total. The van der Waals surface area contributed by atoms with Crippen molar-refractivity contribution in [3.05, 3.63) is 156 Å². The minimum absolute atomic E-state index is 0.0604. The van der Waals surface area contributed by atoms with Crippen LogP contribution in [0.3, 0.4) is 0 Å². The molecule has 0 aromatic heterocycles. The maximum Gasteiger partial charge on any atom is 0.193 e. The molecule has 0 heterocycles. The molecule has 5 aromatic carbocycles. The van der Waals surface area contributed by atoms with Crippen molar-refractivity contribution in [2.24, 2.45) is 0 Å². The van der Waals surface area contributed by atoms with Crippen LogP contribution in [0.5, 0.6) is 0 Å². The van der Waals surface area contributed by atoms with Gasteiger partial charge in [-0.1, -0.05) is 140 Å². The zero-order valence-electron chi connectivity index (χ0n) is 18.7. The highest BCUT2D eigenvalue weighted by Gasteiger charge is 2.08. The first-order chi connectivity index (χ1) is 16.8. The Kier molecular flexibility index (Phi) is 7.55. The van der Waals surface area contributed by atoms with Gasteiger partial charge in [-0.3, -0.25) is 9.59 Å². The van der Waals surface area contributed by atoms with Crippen molar-refractivity contribution in [2.45, 2.75) is 0 Å². The van der Waals surface area contributed by atoms with Crippen molar-refractivity contribution in [1.29, 1.82) is 0 Å². The van der Waals surface area contributed by atoms with Crippen LogP contribution in [-0.2, 0) is 0 Å². The smallest absolute Gasteiger partial charge is 0.193 e. The fourth-order valence-corrected chi connectivity index (χ4v) is 3.68. The van der Waals surface area contributed by atoms with Crippen LogP contribution in [0.1, 0.15) is 26.3 Å². The van der Waals surface area contributed by atoms with Crippen LogP contribution < -0.4 is 0 Å². The number of aldehydes is 1. The number of hydrogen-bond acceptors (Lipinski definition) is 2. The largest absolute Gasteiger partial charge is 0.298 e. The predicted octanol–water partition coefficient (Wildman–Crippen LogP) is 7.75. The van der Waals surface area contributed by atoms with Gasteiger partial charge in [0.25, 0.3) is 0 Å². The summed E-state index contributed by atoms with van der Waals surface area (Å²) in [5.41, 5.74) is 6.52. The van der Waals surface area contributed by atoms with Crippen LogP contribution in [0.15, 0.2) is 140 Å². The van der Waals surface area contributed by atoms with Gasteiger partial charge in [-0.2, -0.15) is 0 Å². The first-order valence-electron chi connectivity index (χ1n) is 11.1. The zero-order chi connectivity index (χ0) is 23.6. The molecule has 0 saturated heterocycles. The van der Waals surface area contributed by atoms with Gasteiger partial charge in [-0.05, 0) is 22.3 Å². The summed E-state index contributed by atoms with van der Waals surface area (Å²) in [7, 11) is 0. The van der Waals surface area contributed by atoms with E-state index in [0.717, 1.165) is 45.2 Å². The second-order valence-electron chi connectivity index (χ2n) is 7.71. The SMILES string of the molecule is O=C(c1ccccc1)c1ccc(-c2ccccc2)cc1.O=Cc1ccccc1-c1ccccc1. The highest BCUT2D eigenvalue weighted by Crippen LogP contribution is 2.22. The quantitative estimate of drug-likeness (QED) is 0.207. The summed E-state index contributed by atoms with van der Waals surface area (Å²) in [6.07, 6.45) is 0.891. The molecule has 2 heteroatoms. The molecule has 5 rings (SSSR count). The van der Waals surface area contributed by atoms with Gasteiger partial charge in [0.1, 0.15) is 0 Å². The first kappa shape index (κ1) is 22.6. The molecule has 0 saturated carbocycles. The fraction of sp³-hybridized carbons (Fsp3) is 0. The fourth-order valence-electron chi connectivity index (χ4n) is 3.68. The molecule has 164 valence electrons. The van der Waals surface area contributed by atoms with Gasteiger partial charge in [-0.25, -0.2) is 0 Å². The molecule has 34 heavy (non-hydrogen) atoms. The Hall–Kier alpha value is -4.56. The number of carbonyl (C=O) groups is 2. The summed E-state index contributed by atoms with van der Waals surface area (Å²) < 4.78 is 0. The van der Waals surface area contributed by atoms with Crippen molar-refractivity contribution >= 4 is 12.1 Å². The predicted molar refractivity (Wildman–Crippen MR) is 139 cm³/mol. The van der Waals surface area contributed by atoms with Crippen molar-refractivity contribution in [3.8, 4) is 22.3 Å². The van der Waals surface area contributed by atoms with E-state index in [1.54, 1.807) is 0 Å². The van der Waals surface area contributed by atoms with Crippen LogP contribution in [0.25, 0.3) is 22.3 Å². The molecule has 0 fully saturated rings. The molecular formula is C32H24O2. The minimum atomic E-state index is 0.0604. The molecule has 5 aromatic rings. The standard InChI is InChI=1S/C19H14O.C13H10O/c20-19(17-9-5-2-6-10-17)18-13-11-16(12-14-18)15-7-3-1-4-8-15;14-10-12-8-4-5-9-13(12)11-6-2-1-3-7-11/h1-14H;1-10H. The molecule has 2 nitrogen and oxygen atoms in total. The van der Waals surface area contributed by atoms with Gasteiger partial charge < -0.3 is 0 Å². The highest BCUT2D eigenvalue weighted by atomic mass is 16.1. The minimum Gasteiger partial charge on any atom is -0.298 e. The Morgan fingerprint density at radius 2 is 0.882 bits per heavy atom. The molecule has 0 atom stereocenters. The van der Waals surface area contributed by atoms with Crippen LogP contribution in [0.2, 0.25) is 0 Å². The Morgan fingerprint density at radius 3 is 1.47 bits per heavy atom. The molecule has 0 aliphatic rings. The van der Waals surface area contributed by atoms with E-state index in [1.165, 1.54) is 0 Å². The van der Waals surface area contributed by atoms with Crippen LogP contribution in [0.4, 0.5) is 0 Å². The van der Waals surface area contributed by atoms with Crippen LogP contribution >= 0.6 is 0 Å². The summed E-state index contributed by atoms with van der Waals surface area (Å²) in [6, 6.07) is 44.8. The average molecular weight is 441 g/mol. The third-order valence-corrected chi connectivity index (χ3v) is 5.46. The van der Waals surface area contributed by atoms with Crippen LogP contribution in [0, 0.1) is 0 Å². The highest BCUT2D eigenvalue weighted by molar-refractivity contribution is 6.09. The lowest BCUT2D eigenvalue weighted by molar-refractivity contribution is 0.103. The molecule has 0 aliphatic heterocycles. The molecule has 0 unspecified atom stereocenters. The monoisotopic (exact) mass is 440 g/mol.